The number of rotatable bonds is 5. The molecule has 3 atom stereocenters. The molecular formula is C17H20N2O5S. The van der Waals surface area contributed by atoms with E-state index in [-0.39, 0.29) is 35.1 Å². The maximum atomic E-state index is 12.2. The molecule has 1 saturated heterocycles. The van der Waals surface area contributed by atoms with Crippen molar-refractivity contribution in [2.24, 2.45) is 11.8 Å². The molecule has 7 nitrogen and oxygen atoms in total. The van der Waals surface area contributed by atoms with Gasteiger partial charge in [0, 0.05) is 17.3 Å². The van der Waals surface area contributed by atoms with Gasteiger partial charge in [0.15, 0.2) is 15.6 Å². The molecule has 0 radical (unpaired) electrons. The highest BCUT2D eigenvalue weighted by Crippen LogP contribution is 2.39. The molecule has 1 saturated carbocycles. The lowest BCUT2D eigenvalue weighted by molar-refractivity contribution is -0.125. The fourth-order valence-electron chi connectivity index (χ4n) is 3.01. The molecule has 0 aromatic heterocycles. The molecule has 2 amide bonds. The van der Waals surface area contributed by atoms with Gasteiger partial charge in [-0.1, -0.05) is 0 Å². The van der Waals surface area contributed by atoms with Crippen LogP contribution in [0.4, 0.5) is 5.69 Å². The first kappa shape index (κ1) is 17.6. The highest BCUT2D eigenvalue weighted by molar-refractivity contribution is 7.91. The molecule has 2 fully saturated rings. The summed E-state index contributed by atoms with van der Waals surface area (Å²) in [7, 11) is -3.04. The van der Waals surface area contributed by atoms with Gasteiger partial charge in [-0.15, -0.1) is 0 Å². The van der Waals surface area contributed by atoms with E-state index in [1.54, 1.807) is 24.3 Å². The lowest BCUT2D eigenvalue weighted by Gasteiger charge is -2.10. The second-order valence-corrected chi connectivity index (χ2v) is 8.91. The molecule has 1 aliphatic heterocycles. The molecule has 1 aromatic rings. The minimum Gasteiger partial charge on any atom is -0.352 e. The number of carbonyl (C=O) groups is 3. The number of hydrogen-bond acceptors (Lipinski definition) is 5. The molecule has 134 valence electrons. The summed E-state index contributed by atoms with van der Waals surface area (Å²) in [6.45, 7) is 1.47. The Hall–Kier alpha value is -2.22. The first-order valence-corrected chi connectivity index (χ1v) is 10.00. The number of ketones is 1. The lowest BCUT2D eigenvalue weighted by Crippen LogP contribution is -2.37. The van der Waals surface area contributed by atoms with E-state index >= 15 is 0 Å². The number of nitrogens with one attached hydrogen (secondary N) is 2. The molecular weight excluding hydrogens is 344 g/mol. The minimum atomic E-state index is -3.04. The third kappa shape index (κ3) is 4.25. The normalized spacial score (nSPS) is 26.7. The Balaban J connectivity index is 1.50. The zero-order valence-corrected chi connectivity index (χ0v) is 14.6. The third-order valence-electron chi connectivity index (χ3n) is 4.60. The van der Waals surface area contributed by atoms with E-state index in [0.717, 1.165) is 0 Å². The largest absolute Gasteiger partial charge is 0.352 e. The molecule has 0 bridgehead atoms. The van der Waals surface area contributed by atoms with Gasteiger partial charge in [-0.3, -0.25) is 14.4 Å². The van der Waals surface area contributed by atoms with Crippen molar-refractivity contribution in [2.75, 3.05) is 16.8 Å². The Morgan fingerprint density at radius 3 is 2.24 bits per heavy atom. The van der Waals surface area contributed by atoms with E-state index in [4.69, 9.17) is 0 Å². The van der Waals surface area contributed by atoms with Crippen LogP contribution in [0.2, 0.25) is 0 Å². The number of Topliss-reactive ketones (excluding diaryl/α,β-unsaturated/α-hetero) is 1. The molecule has 1 heterocycles. The molecule has 1 aromatic carbocycles. The van der Waals surface area contributed by atoms with E-state index in [0.29, 0.717) is 24.1 Å². The summed E-state index contributed by atoms with van der Waals surface area (Å²) < 4.78 is 22.8. The van der Waals surface area contributed by atoms with Crippen LogP contribution < -0.4 is 10.6 Å². The van der Waals surface area contributed by atoms with Crippen LogP contribution in [0.5, 0.6) is 0 Å². The summed E-state index contributed by atoms with van der Waals surface area (Å²) in [5.41, 5.74) is 1.14. The average molecular weight is 364 g/mol. The summed E-state index contributed by atoms with van der Waals surface area (Å²) in [6, 6.07) is 6.22. The van der Waals surface area contributed by atoms with Crippen LogP contribution in [-0.4, -0.2) is 43.6 Å². The van der Waals surface area contributed by atoms with Crippen molar-refractivity contribution in [3.63, 3.8) is 0 Å². The first-order valence-electron chi connectivity index (χ1n) is 8.18. The van der Waals surface area contributed by atoms with Crippen molar-refractivity contribution in [3.05, 3.63) is 29.8 Å². The maximum Gasteiger partial charge on any atom is 0.228 e. The molecule has 0 spiro atoms. The monoisotopic (exact) mass is 364 g/mol. The number of sulfone groups is 1. The van der Waals surface area contributed by atoms with E-state index < -0.39 is 21.7 Å². The molecule has 1 aliphatic carbocycles. The van der Waals surface area contributed by atoms with Gasteiger partial charge in [0.25, 0.3) is 0 Å². The van der Waals surface area contributed by atoms with Gasteiger partial charge >= 0.3 is 0 Å². The third-order valence-corrected chi connectivity index (χ3v) is 6.37. The predicted octanol–water partition coefficient (Wildman–Crippen LogP) is 0.767. The van der Waals surface area contributed by atoms with Crippen molar-refractivity contribution in [1.82, 2.24) is 5.32 Å². The number of anilines is 1. The van der Waals surface area contributed by atoms with Gasteiger partial charge in [0.05, 0.1) is 23.3 Å². The maximum absolute atomic E-state index is 12.2. The van der Waals surface area contributed by atoms with Crippen molar-refractivity contribution >= 4 is 33.1 Å². The van der Waals surface area contributed by atoms with Gasteiger partial charge in [0.2, 0.25) is 11.8 Å². The smallest absolute Gasteiger partial charge is 0.228 e. The summed E-state index contributed by atoms with van der Waals surface area (Å²) in [6.07, 6.45) is 0.892. The number of carbonyl (C=O) groups excluding carboxylic acids is 3. The van der Waals surface area contributed by atoms with Gasteiger partial charge in [-0.2, -0.15) is 0 Å². The van der Waals surface area contributed by atoms with Crippen LogP contribution in [0.15, 0.2) is 24.3 Å². The molecule has 2 aliphatic rings. The van der Waals surface area contributed by atoms with Crippen LogP contribution in [0.1, 0.15) is 30.1 Å². The van der Waals surface area contributed by atoms with Crippen LogP contribution in [0, 0.1) is 11.8 Å². The highest BCUT2D eigenvalue weighted by atomic mass is 32.2. The van der Waals surface area contributed by atoms with Crippen molar-refractivity contribution in [2.45, 2.75) is 25.8 Å². The molecule has 3 rings (SSSR count). The summed E-state index contributed by atoms with van der Waals surface area (Å²) in [4.78, 5) is 35.6. The summed E-state index contributed by atoms with van der Waals surface area (Å²) in [5, 5.41) is 5.46. The average Bonchev–Trinajstić information content (AvgIpc) is 3.27. The van der Waals surface area contributed by atoms with Crippen molar-refractivity contribution in [3.8, 4) is 0 Å². The Bertz CT molecular complexity index is 816. The van der Waals surface area contributed by atoms with Gasteiger partial charge in [0.1, 0.15) is 0 Å². The quantitative estimate of drug-likeness (QED) is 0.750. The van der Waals surface area contributed by atoms with Crippen LogP contribution in [-0.2, 0) is 19.4 Å². The number of amides is 2. The number of hydrogen-bond donors (Lipinski definition) is 2. The zero-order valence-electron chi connectivity index (χ0n) is 13.8. The SMILES string of the molecule is CC(=O)c1ccc(NC(=O)C2CC2C(=O)NC2CCS(=O)(=O)C2)cc1. The Labute approximate surface area is 146 Å². The van der Waals surface area contributed by atoms with E-state index in [1.807, 2.05) is 0 Å². The van der Waals surface area contributed by atoms with Gasteiger partial charge < -0.3 is 10.6 Å². The fraction of sp³-hybridized carbons (Fsp3) is 0.471. The highest BCUT2D eigenvalue weighted by Gasteiger charge is 2.48. The van der Waals surface area contributed by atoms with Crippen molar-refractivity contribution in [1.29, 1.82) is 0 Å². The summed E-state index contributed by atoms with van der Waals surface area (Å²) in [5.74, 6) is -1.27. The van der Waals surface area contributed by atoms with Gasteiger partial charge in [-0.05, 0) is 44.0 Å². The minimum absolute atomic E-state index is 0.0230. The molecule has 2 N–H and O–H groups in total. The fourth-order valence-corrected chi connectivity index (χ4v) is 4.69. The molecule has 8 heteroatoms. The van der Waals surface area contributed by atoms with Gasteiger partial charge in [-0.25, -0.2) is 8.42 Å². The Morgan fingerprint density at radius 1 is 1.04 bits per heavy atom. The van der Waals surface area contributed by atoms with Crippen molar-refractivity contribution < 1.29 is 22.8 Å². The topological polar surface area (TPSA) is 109 Å². The second kappa shape index (κ2) is 6.59. The Kier molecular flexibility index (Phi) is 4.64. The van der Waals surface area contributed by atoms with Crippen LogP contribution >= 0.6 is 0 Å². The second-order valence-electron chi connectivity index (χ2n) is 6.68. The first-order chi connectivity index (χ1) is 11.7. The standard InChI is InChI=1S/C17H20N2O5S/c1-10(20)11-2-4-12(5-3-11)18-16(21)14-8-15(14)17(22)19-13-6-7-25(23,24)9-13/h2-5,13-15H,6-9H2,1H3,(H,18,21)(H,19,22). The Morgan fingerprint density at radius 2 is 1.68 bits per heavy atom. The van der Waals surface area contributed by atoms with Crippen LogP contribution in [0.3, 0.4) is 0 Å². The molecule has 25 heavy (non-hydrogen) atoms. The van der Waals surface area contributed by atoms with E-state index in [9.17, 15) is 22.8 Å². The molecule has 3 unspecified atom stereocenters. The zero-order chi connectivity index (χ0) is 18.2. The van der Waals surface area contributed by atoms with Crippen LogP contribution in [0.25, 0.3) is 0 Å². The van der Waals surface area contributed by atoms with E-state index in [2.05, 4.69) is 10.6 Å². The predicted molar refractivity (Wildman–Crippen MR) is 91.9 cm³/mol. The number of benzene rings is 1. The summed E-state index contributed by atoms with van der Waals surface area (Å²) >= 11 is 0. The van der Waals surface area contributed by atoms with E-state index in [1.165, 1.54) is 6.92 Å². The lowest BCUT2D eigenvalue weighted by atomic mass is 10.1.